The second-order valence-corrected chi connectivity index (χ2v) is 8.88. The molecule has 0 saturated carbocycles. The van der Waals surface area contributed by atoms with Gasteiger partial charge in [0.25, 0.3) is 5.91 Å². The number of rotatable bonds is 2. The van der Waals surface area contributed by atoms with Crippen LogP contribution in [0.15, 0.2) is 54.9 Å². The predicted molar refractivity (Wildman–Crippen MR) is 122 cm³/mol. The molecule has 0 bridgehead atoms. The van der Waals surface area contributed by atoms with Crippen LogP contribution in [0.3, 0.4) is 0 Å². The lowest BCUT2D eigenvalue weighted by atomic mass is 9.99. The Labute approximate surface area is 183 Å². The van der Waals surface area contributed by atoms with Gasteiger partial charge in [-0.25, -0.2) is 9.69 Å². The van der Waals surface area contributed by atoms with Gasteiger partial charge in [0.15, 0.2) is 0 Å². The molecule has 2 atom stereocenters. The minimum absolute atomic E-state index is 0.270. The first-order valence-electron chi connectivity index (χ1n) is 9.85. The molecule has 2 aliphatic rings. The summed E-state index contributed by atoms with van der Waals surface area (Å²) < 4.78 is 0. The largest absolute Gasteiger partial charge is 0.329 e. The number of nitriles is 1. The van der Waals surface area contributed by atoms with Crippen LogP contribution in [0, 0.1) is 25.2 Å². The number of anilines is 1. The smallest absolute Gasteiger partial charge is 0.329 e. The number of aromatic nitrogens is 1. The predicted octanol–water partition coefficient (Wildman–Crippen LogP) is 4.30. The van der Waals surface area contributed by atoms with Crippen LogP contribution >= 0.6 is 11.8 Å². The van der Waals surface area contributed by atoms with E-state index in [1.54, 1.807) is 12.4 Å². The number of imide groups is 1. The van der Waals surface area contributed by atoms with Gasteiger partial charge in [-0.05, 0) is 42.7 Å². The van der Waals surface area contributed by atoms with E-state index >= 15 is 0 Å². The van der Waals surface area contributed by atoms with Gasteiger partial charge in [0.05, 0.1) is 29.6 Å². The molecule has 0 radical (unpaired) electrons. The van der Waals surface area contributed by atoms with Crippen molar-refractivity contribution in [1.29, 1.82) is 5.26 Å². The van der Waals surface area contributed by atoms with E-state index in [0.29, 0.717) is 11.3 Å². The Balaban J connectivity index is 1.51. The Morgan fingerprint density at radius 3 is 2.74 bits per heavy atom. The van der Waals surface area contributed by atoms with Gasteiger partial charge in [-0.15, -0.1) is 11.8 Å². The molecule has 3 aromatic rings. The molecule has 2 unspecified atom stereocenters. The number of carbonyl (C=O) groups excluding carboxylic acids is 2. The van der Waals surface area contributed by atoms with Crippen molar-refractivity contribution in [2.45, 2.75) is 25.1 Å². The molecule has 152 valence electrons. The number of fused-ring (bicyclic) bond motifs is 2. The van der Waals surface area contributed by atoms with Gasteiger partial charge < -0.3 is 5.32 Å². The van der Waals surface area contributed by atoms with E-state index in [-0.39, 0.29) is 5.91 Å². The molecule has 6 nitrogen and oxygen atoms in total. The molecule has 0 spiro atoms. The summed E-state index contributed by atoms with van der Waals surface area (Å²) in [7, 11) is 0. The van der Waals surface area contributed by atoms with Gasteiger partial charge in [0, 0.05) is 21.9 Å². The molecule has 7 heteroatoms. The minimum Gasteiger partial charge on any atom is -0.329 e. The molecule has 2 aliphatic heterocycles. The van der Waals surface area contributed by atoms with Crippen LogP contribution in [0.25, 0.3) is 15.7 Å². The van der Waals surface area contributed by atoms with Crippen molar-refractivity contribution >= 4 is 45.1 Å². The van der Waals surface area contributed by atoms with Gasteiger partial charge in [0.1, 0.15) is 5.25 Å². The van der Waals surface area contributed by atoms with Crippen molar-refractivity contribution in [2.75, 3.05) is 4.90 Å². The van der Waals surface area contributed by atoms with E-state index in [1.807, 2.05) is 56.3 Å². The van der Waals surface area contributed by atoms with Crippen molar-refractivity contribution in [3.63, 3.8) is 0 Å². The number of urea groups is 1. The van der Waals surface area contributed by atoms with Gasteiger partial charge >= 0.3 is 6.03 Å². The number of hydrogen-bond acceptors (Lipinski definition) is 5. The summed E-state index contributed by atoms with van der Waals surface area (Å²) in [6.07, 6.45) is 5.19. The number of carbonyl (C=O) groups is 2. The molecule has 1 N–H and O–H groups in total. The van der Waals surface area contributed by atoms with Crippen LogP contribution in [-0.2, 0) is 4.79 Å². The zero-order valence-corrected chi connectivity index (χ0v) is 17.7. The monoisotopic (exact) mass is 426 g/mol. The van der Waals surface area contributed by atoms with Gasteiger partial charge in [-0.3, -0.25) is 9.78 Å². The summed E-state index contributed by atoms with van der Waals surface area (Å²) in [5.74, 6) is -0.270. The van der Waals surface area contributed by atoms with Crippen LogP contribution in [-0.4, -0.2) is 28.2 Å². The summed E-state index contributed by atoms with van der Waals surface area (Å²) in [5, 5.41) is 13.5. The number of nitrogens with one attached hydrogen (secondary N) is 1. The number of thioether (sulfide) groups is 1. The Kier molecular flexibility index (Phi) is 4.53. The lowest BCUT2D eigenvalue weighted by Gasteiger charge is -2.33. The van der Waals surface area contributed by atoms with Gasteiger partial charge in [0.2, 0.25) is 0 Å². The van der Waals surface area contributed by atoms with Crippen LogP contribution in [0.1, 0.15) is 22.3 Å². The lowest BCUT2D eigenvalue weighted by molar-refractivity contribution is -0.118. The van der Waals surface area contributed by atoms with Gasteiger partial charge in [-0.1, -0.05) is 30.3 Å². The van der Waals surface area contributed by atoms with Crippen molar-refractivity contribution in [2.24, 2.45) is 0 Å². The molecule has 1 aromatic heterocycles. The highest BCUT2D eigenvalue weighted by molar-refractivity contribution is 8.09. The van der Waals surface area contributed by atoms with E-state index in [4.69, 9.17) is 0 Å². The molecular weight excluding hydrogens is 408 g/mol. The average molecular weight is 427 g/mol. The summed E-state index contributed by atoms with van der Waals surface area (Å²) >= 11 is 1.43. The summed E-state index contributed by atoms with van der Waals surface area (Å²) in [6.45, 7) is 3.90. The molecule has 1 fully saturated rings. The Bertz CT molecular complexity index is 1340. The molecule has 3 heterocycles. The maximum absolute atomic E-state index is 13.4. The highest BCUT2D eigenvalue weighted by Gasteiger charge is 2.45. The first-order valence-corrected chi connectivity index (χ1v) is 10.7. The maximum atomic E-state index is 13.4. The fraction of sp³-hybridized carbons (Fsp3) is 0.167. The third-order valence-corrected chi connectivity index (χ3v) is 7.07. The van der Waals surface area contributed by atoms with E-state index < -0.39 is 17.3 Å². The van der Waals surface area contributed by atoms with Gasteiger partial charge in [-0.2, -0.15) is 5.26 Å². The summed E-state index contributed by atoms with van der Waals surface area (Å²) in [6, 6.07) is 12.8. The Hall–Kier alpha value is -3.63. The second-order valence-electron chi connectivity index (χ2n) is 7.69. The molecular formula is C24H18N4O2S. The molecule has 3 amide bonds. The number of nitrogens with zero attached hydrogens (tertiary/aromatic N) is 3. The zero-order valence-electron chi connectivity index (χ0n) is 16.9. The zero-order chi connectivity index (χ0) is 21.7. The first-order chi connectivity index (χ1) is 15.0. The molecule has 0 aliphatic carbocycles. The molecule has 5 rings (SSSR count). The molecule has 2 aromatic carbocycles. The summed E-state index contributed by atoms with van der Waals surface area (Å²) in [5.41, 5.74) is 3.95. The fourth-order valence-electron chi connectivity index (χ4n) is 4.15. The van der Waals surface area contributed by atoms with E-state index in [9.17, 15) is 14.9 Å². The highest BCUT2D eigenvalue weighted by atomic mass is 32.2. The normalized spacial score (nSPS) is 20.3. The highest BCUT2D eigenvalue weighted by Crippen LogP contribution is 2.44. The number of hydrogen-bond donors (Lipinski definition) is 1. The average Bonchev–Trinajstić information content (AvgIpc) is 3.18. The van der Waals surface area contributed by atoms with E-state index in [2.05, 4.69) is 16.4 Å². The number of aryl methyl sites for hydroxylation is 2. The van der Waals surface area contributed by atoms with Crippen LogP contribution in [0.4, 0.5) is 10.5 Å². The van der Waals surface area contributed by atoms with Crippen molar-refractivity contribution in [1.82, 2.24) is 10.3 Å². The lowest BCUT2D eigenvalue weighted by Crippen LogP contribution is -2.60. The number of benzene rings is 2. The quantitative estimate of drug-likeness (QED) is 0.660. The standard InChI is InChI=1S/C24H18N4O2S/c1-13-7-14(2)18(8-16(13)10-25)21-9-19-22(31-21)23(29)28(24(30)27-19)20-12-26-11-15-5-3-4-6-17(15)20/h3-9,11-12,19,22H,1-2H3,(H,27,30). The Morgan fingerprint density at radius 2 is 1.94 bits per heavy atom. The van der Waals surface area contributed by atoms with Crippen LogP contribution in [0.2, 0.25) is 0 Å². The SMILES string of the molecule is Cc1cc(C)c(C2=CC3NC(=O)N(c4cncc5ccccc45)C(=O)C3S2)cc1C#N. The third-order valence-electron chi connectivity index (χ3n) is 5.71. The van der Waals surface area contributed by atoms with Crippen LogP contribution < -0.4 is 10.2 Å². The van der Waals surface area contributed by atoms with Crippen LogP contribution in [0.5, 0.6) is 0 Å². The van der Waals surface area contributed by atoms with E-state index in [1.165, 1.54) is 16.7 Å². The second kappa shape index (κ2) is 7.25. The fourth-order valence-corrected chi connectivity index (χ4v) is 5.50. The molecule has 31 heavy (non-hydrogen) atoms. The topological polar surface area (TPSA) is 86.1 Å². The first kappa shape index (κ1) is 19.3. The Morgan fingerprint density at radius 1 is 1.13 bits per heavy atom. The third kappa shape index (κ3) is 3.07. The minimum atomic E-state index is -0.474. The number of amides is 3. The van der Waals surface area contributed by atoms with Crippen molar-refractivity contribution in [3.05, 3.63) is 77.1 Å². The molecule has 1 saturated heterocycles. The maximum Gasteiger partial charge on any atom is 0.329 e. The van der Waals surface area contributed by atoms with E-state index in [0.717, 1.165) is 32.4 Å². The summed E-state index contributed by atoms with van der Waals surface area (Å²) in [4.78, 5) is 32.7. The number of pyridine rings is 1. The van der Waals surface area contributed by atoms with Crippen molar-refractivity contribution < 1.29 is 9.59 Å². The van der Waals surface area contributed by atoms with Crippen molar-refractivity contribution in [3.8, 4) is 6.07 Å².